The highest BCUT2D eigenvalue weighted by molar-refractivity contribution is 5.52. The summed E-state index contributed by atoms with van der Waals surface area (Å²) in [6, 6.07) is 3.82. The first-order chi connectivity index (χ1) is 6.27. The molecule has 0 fully saturated rings. The van der Waals surface area contributed by atoms with Crippen molar-refractivity contribution in [3.05, 3.63) is 31.0 Å². The van der Waals surface area contributed by atoms with Gasteiger partial charge in [-0.1, -0.05) is 6.08 Å². The molecule has 3 nitrogen and oxygen atoms in total. The molecule has 0 amide bonds. The SMILES string of the molecule is C=CCN(CC)c1ccnc(N)c1. The maximum absolute atomic E-state index is 5.58. The monoisotopic (exact) mass is 177 g/mol. The normalized spacial score (nSPS) is 9.62. The number of hydrogen-bond acceptors (Lipinski definition) is 3. The highest BCUT2D eigenvalue weighted by Crippen LogP contribution is 2.14. The average molecular weight is 177 g/mol. The van der Waals surface area contributed by atoms with Crippen molar-refractivity contribution in [2.45, 2.75) is 6.92 Å². The summed E-state index contributed by atoms with van der Waals surface area (Å²) in [6.45, 7) is 7.58. The van der Waals surface area contributed by atoms with Crippen LogP contribution >= 0.6 is 0 Å². The number of likely N-dealkylation sites (N-methyl/N-ethyl adjacent to an activating group) is 1. The molecule has 0 spiro atoms. The fraction of sp³-hybridized carbons (Fsp3) is 0.300. The third kappa shape index (κ3) is 2.47. The molecule has 0 aliphatic carbocycles. The van der Waals surface area contributed by atoms with Gasteiger partial charge in [-0.25, -0.2) is 4.98 Å². The number of pyridine rings is 1. The van der Waals surface area contributed by atoms with Crippen molar-refractivity contribution in [2.24, 2.45) is 0 Å². The molecular formula is C10H15N3. The van der Waals surface area contributed by atoms with Crippen LogP contribution in [0.15, 0.2) is 31.0 Å². The van der Waals surface area contributed by atoms with Crippen LogP contribution in [0, 0.1) is 0 Å². The van der Waals surface area contributed by atoms with E-state index in [-0.39, 0.29) is 0 Å². The number of hydrogen-bond donors (Lipinski definition) is 1. The summed E-state index contributed by atoms with van der Waals surface area (Å²) in [4.78, 5) is 6.11. The number of nitrogens with two attached hydrogens (primary N) is 1. The Morgan fingerprint density at radius 1 is 1.69 bits per heavy atom. The highest BCUT2D eigenvalue weighted by atomic mass is 15.1. The largest absolute Gasteiger partial charge is 0.384 e. The molecule has 0 atom stereocenters. The quantitative estimate of drug-likeness (QED) is 0.711. The van der Waals surface area contributed by atoms with E-state index in [9.17, 15) is 0 Å². The zero-order valence-electron chi connectivity index (χ0n) is 7.90. The Morgan fingerprint density at radius 2 is 2.46 bits per heavy atom. The first kappa shape index (κ1) is 9.58. The van der Waals surface area contributed by atoms with Gasteiger partial charge in [-0.05, 0) is 13.0 Å². The molecule has 1 aromatic rings. The minimum Gasteiger partial charge on any atom is -0.384 e. The summed E-state index contributed by atoms with van der Waals surface area (Å²) < 4.78 is 0. The summed E-state index contributed by atoms with van der Waals surface area (Å²) in [7, 11) is 0. The third-order valence-corrected chi connectivity index (χ3v) is 1.86. The molecule has 1 heterocycles. The van der Waals surface area contributed by atoms with Crippen molar-refractivity contribution >= 4 is 11.5 Å². The zero-order valence-corrected chi connectivity index (χ0v) is 7.90. The predicted molar refractivity (Wildman–Crippen MR) is 56.7 cm³/mol. The summed E-state index contributed by atoms with van der Waals surface area (Å²) in [6.07, 6.45) is 3.59. The van der Waals surface area contributed by atoms with Gasteiger partial charge in [0.1, 0.15) is 5.82 Å². The topological polar surface area (TPSA) is 42.2 Å². The second kappa shape index (κ2) is 4.50. The molecule has 0 aliphatic rings. The second-order valence-electron chi connectivity index (χ2n) is 2.77. The molecular weight excluding hydrogens is 162 g/mol. The van der Waals surface area contributed by atoms with E-state index < -0.39 is 0 Å². The first-order valence-electron chi connectivity index (χ1n) is 4.35. The minimum atomic E-state index is 0.556. The summed E-state index contributed by atoms with van der Waals surface area (Å²) in [5.74, 6) is 0.556. The lowest BCUT2D eigenvalue weighted by molar-refractivity contribution is 0.905. The van der Waals surface area contributed by atoms with E-state index >= 15 is 0 Å². The second-order valence-corrected chi connectivity index (χ2v) is 2.77. The van der Waals surface area contributed by atoms with Crippen LogP contribution in [0.3, 0.4) is 0 Å². The van der Waals surface area contributed by atoms with E-state index in [2.05, 4.69) is 23.4 Å². The van der Waals surface area contributed by atoms with Crippen LogP contribution in [0.2, 0.25) is 0 Å². The molecule has 1 rings (SSSR count). The Hall–Kier alpha value is -1.51. The molecule has 0 saturated carbocycles. The number of aromatic nitrogens is 1. The Morgan fingerprint density at radius 3 is 3.00 bits per heavy atom. The Kier molecular flexibility index (Phi) is 3.31. The van der Waals surface area contributed by atoms with Gasteiger partial charge in [-0.15, -0.1) is 6.58 Å². The van der Waals surface area contributed by atoms with Crippen LogP contribution < -0.4 is 10.6 Å². The molecule has 13 heavy (non-hydrogen) atoms. The molecule has 1 aromatic heterocycles. The summed E-state index contributed by atoms with van der Waals surface area (Å²) >= 11 is 0. The van der Waals surface area contributed by atoms with Gasteiger partial charge >= 0.3 is 0 Å². The minimum absolute atomic E-state index is 0.556. The highest BCUT2D eigenvalue weighted by Gasteiger charge is 2.01. The van der Waals surface area contributed by atoms with Crippen LogP contribution in [0.25, 0.3) is 0 Å². The van der Waals surface area contributed by atoms with E-state index in [0.717, 1.165) is 18.8 Å². The standard InChI is InChI=1S/C10H15N3/c1-3-7-13(4-2)9-5-6-12-10(11)8-9/h3,5-6,8H,1,4,7H2,2H3,(H2,11,12). The molecule has 2 N–H and O–H groups in total. The van der Waals surface area contributed by atoms with Crippen LogP contribution in [0.1, 0.15) is 6.92 Å². The molecule has 0 unspecified atom stereocenters. The average Bonchev–Trinajstić information content (AvgIpc) is 2.14. The van der Waals surface area contributed by atoms with Gasteiger partial charge in [0.05, 0.1) is 0 Å². The van der Waals surface area contributed by atoms with Crippen LogP contribution in [-0.4, -0.2) is 18.1 Å². The van der Waals surface area contributed by atoms with Crippen molar-refractivity contribution in [1.29, 1.82) is 0 Å². The van der Waals surface area contributed by atoms with Crippen LogP contribution in [0.5, 0.6) is 0 Å². The molecule has 0 radical (unpaired) electrons. The van der Waals surface area contributed by atoms with Gasteiger partial charge in [0.15, 0.2) is 0 Å². The van der Waals surface area contributed by atoms with Crippen molar-refractivity contribution < 1.29 is 0 Å². The zero-order chi connectivity index (χ0) is 9.68. The van der Waals surface area contributed by atoms with Gasteiger partial charge in [0, 0.05) is 31.0 Å². The van der Waals surface area contributed by atoms with E-state index in [0.29, 0.717) is 5.82 Å². The van der Waals surface area contributed by atoms with E-state index in [4.69, 9.17) is 5.73 Å². The predicted octanol–water partition coefficient (Wildman–Crippen LogP) is 1.68. The van der Waals surface area contributed by atoms with Gasteiger partial charge in [0.2, 0.25) is 0 Å². The van der Waals surface area contributed by atoms with Crippen molar-refractivity contribution in [3.8, 4) is 0 Å². The van der Waals surface area contributed by atoms with Crippen molar-refractivity contribution in [3.63, 3.8) is 0 Å². The molecule has 0 saturated heterocycles. The Labute approximate surface area is 78.9 Å². The van der Waals surface area contributed by atoms with E-state index in [1.165, 1.54) is 0 Å². The molecule has 0 aliphatic heterocycles. The van der Waals surface area contributed by atoms with E-state index in [1.807, 2.05) is 18.2 Å². The fourth-order valence-corrected chi connectivity index (χ4v) is 1.21. The Balaban J connectivity index is 2.84. The van der Waals surface area contributed by atoms with Crippen molar-refractivity contribution in [2.75, 3.05) is 23.7 Å². The lowest BCUT2D eigenvalue weighted by atomic mass is 10.3. The van der Waals surface area contributed by atoms with Gasteiger partial charge < -0.3 is 10.6 Å². The van der Waals surface area contributed by atoms with Crippen molar-refractivity contribution in [1.82, 2.24) is 4.98 Å². The Bertz CT molecular complexity index is 283. The number of anilines is 2. The smallest absolute Gasteiger partial charge is 0.125 e. The molecule has 0 aromatic carbocycles. The van der Waals surface area contributed by atoms with Crippen LogP contribution in [0.4, 0.5) is 11.5 Å². The number of nitrogens with zero attached hydrogens (tertiary/aromatic N) is 2. The van der Waals surface area contributed by atoms with Gasteiger partial charge in [0.25, 0.3) is 0 Å². The lowest BCUT2D eigenvalue weighted by Crippen LogP contribution is -2.22. The lowest BCUT2D eigenvalue weighted by Gasteiger charge is -2.20. The third-order valence-electron chi connectivity index (χ3n) is 1.86. The number of nitrogen functional groups attached to an aromatic ring is 1. The van der Waals surface area contributed by atoms with E-state index in [1.54, 1.807) is 6.20 Å². The summed E-state index contributed by atoms with van der Waals surface area (Å²) in [5, 5.41) is 0. The van der Waals surface area contributed by atoms with Crippen LogP contribution in [-0.2, 0) is 0 Å². The summed E-state index contributed by atoms with van der Waals surface area (Å²) in [5.41, 5.74) is 6.68. The van der Waals surface area contributed by atoms with Gasteiger partial charge in [-0.3, -0.25) is 0 Å². The maximum Gasteiger partial charge on any atom is 0.125 e. The van der Waals surface area contributed by atoms with Gasteiger partial charge in [-0.2, -0.15) is 0 Å². The number of rotatable bonds is 4. The first-order valence-corrected chi connectivity index (χ1v) is 4.35. The molecule has 0 bridgehead atoms. The maximum atomic E-state index is 5.58. The molecule has 70 valence electrons. The molecule has 3 heteroatoms. The fourth-order valence-electron chi connectivity index (χ4n) is 1.21.